The number of hydrogen-bond donors (Lipinski definition) is 2. The minimum atomic E-state index is -0.940. The zero-order chi connectivity index (χ0) is 12.6. The molecule has 1 heterocycles. The highest BCUT2D eigenvalue weighted by Crippen LogP contribution is 2.39. The van der Waals surface area contributed by atoms with E-state index < -0.39 is 17.8 Å². The number of amides is 1. The van der Waals surface area contributed by atoms with Gasteiger partial charge in [-0.3, -0.25) is 14.9 Å². The van der Waals surface area contributed by atoms with E-state index >= 15 is 0 Å². The summed E-state index contributed by atoms with van der Waals surface area (Å²) in [6.07, 6.45) is 0.374. The van der Waals surface area contributed by atoms with Crippen molar-refractivity contribution in [1.29, 1.82) is 0 Å². The monoisotopic (exact) mass is 236 g/mol. The van der Waals surface area contributed by atoms with Crippen molar-refractivity contribution < 1.29 is 14.7 Å². The SMILES string of the molecule is Cc1nnc(NC(=O)C2CC2C(=O)O)nc1C. The molecule has 1 aromatic heterocycles. The first-order valence-electron chi connectivity index (χ1n) is 5.20. The minimum absolute atomic E-state index is 0.120. The molecule has 7 nitrogen and oxygen atoms in total. The van der Waals surface area contributed by atoms with Crippen molar-refractivity contribution in [2.24, 2.45) is 11.8 Å². The van der Waals surface area contributed by atoms with Gasteiger partial charge in [0.25, 0.3) is 0 Å². The van der Waals surface area contributed by atoms with Crippen LogP contribution < -0.4 is 5.32 Å². The maximum Gasteiger partial charge on any atom is 0.307 e. The molecule has 2 N–H and O–H groups in total. The van der Waals surface area contributed by atoms with E-state index in [-0.39, 0.29) is 11.9 Å². The van der Waals surface area contributed by atoms with E-state index in [9.17, 15) is 9.59 Å². The van der Waals surface area contributed by atoms with Gasteiger partial charge in [0.05, 0.1) is 23.2 Å². The molecule has 0 aliphatic heterocycles. The standard InChI is InChI=1S/C10H12N4O3/c1-4-5(2)13-14-10(11-4)12-8(15)6-3-7(6)9(16)17/h6-7H,3H2,1-2H3,(H,16,17)(H,11,12,14,15). The van der Waals surface area contributed by atoms with E-state index in [1.807, 2.05) is 0 Å². The summed E-state index contributed by atoms with van der Waals surface area (Å²) in [7, 11) is 0. The number of aryl methyl sites for hydroxylation is 2. The number of hydrogen-bond acceptors (Lipinski definition) is 5. The van der Waals surface area contributed by atoms with Crippen molar-refractivity contribution >= 4 is 17.8 Å². The number of rotatable bonds is 3. The highest BCUT2D eigenvalue weighted by atomic mass is 16.4. The lowest BCUT2D eigenvalue weighted by molar-refractivity contribution is -0.139. The Bertz CT molecular complexity index is 488. The van der Waals surface area contributed by atoms with E-state index in [0.29, 0.717) is 17.8 Å². The topological polar surface area (TPSA) is 105 Å². The molecule has 0 spiro atoms. The highest BCUT2D eigenvalue weighted by molar-refractivity contribution is 5.97. The molecule has 2 rings (SSSR count). The van der Waals surface area contributed by atoms with Gasteiger partial charge in [0, 0.05) is 0 Å². The molecule has 1 fully saturated rings. The molecule has 90 valence electrons. The van der Waals surface area contributed by atoms with Crippen molar-refractivity contribution in [1.82, 2.24) is 15.2 Å². The minimum Gasteiger partial charge on any atom is -0.481 e. The molecule has 1 aromatic rings. The maximum absolute atomic E-state index is 11.6. The Kier molecular flexibility index (Phi) is 2.74. The Morgan fingerprint density at radius 2 is 1.94 bits per heavy atom. The third kappa shape index (κ3) is 2.38. The Morgan fingerprint density at radius 3 is 2.47 bits per heavy atom. The Labute approximate surface area is 97.3 Å². The lowest BCUT2D eigenvalue weighted by Gasteiger charge is -2.03. The van der Waals surface area contributed by atoms with Crippen LogP contribution in [0.15, 0.2) is 0 Å². The van der Waals surface area contributed by atoms with E-state index in [1.165, 1.54) is 0 Å². The number of carbonyl (C=O) groups excluding carboxylic acids is 1. The van der Waals surface area contributed by atoms with E-state index in [2.05, 4.69) is 20.5 Å². The fraction of sp³-hybridized carbons (Fsp3) is 0.500. The number of carbonyl (C=O) groups is 2. The molecule has 1 amide bonds. The van der Waals surface area contributed by atoms with Crippen LogP contribution in [0.25, 0.3) is 0 Å². The summed E-state index contributed by atoms with van der Waals surface area (Å²) in [5.41, 5.74) is 1.37. The Hall–Kier alpha value is -2.05. The highest BCUT2D eigenvalue weighted by Gasteiger charge is 2.48. The number of nitrogens with one attached hydrogen (secondary N) is 1. The van der Waals surface area contributed by atoms with Crippen molar-refractivity contribution in [2.45, 2.75) is 20.3 Å². The lowest BCUT2D eigenvalue weighted by Crippen LogP contribution is -2.19. The third-order valence-corrected chi connectivity index (χ3v) is 2.77. The van der Waals surface area contributed by atoms with Crippen LogP contribution in [-0.2, 0) is 9.59 Å². The summed E-state index contributed by atoms with van der Waals surface area (Å²) in [4.78, 5) is 26.2. The molecule has 1 aliphatic carbocycles. The molecule has 0 saturated heterocycles. The van der Waals surface area contributed by atoms with Crippen LogP contribution in [0.4, 0.5) is 5.95 Å². The van der Waals surface area contributed by atoms with Crippen LogP contribution in [0.3, 0.4) is 0 Å². The van der Waals surface area contributed by atoms with Gasteiger partial charge in [-0.25, -0.2) is 4.98 Å². The van der Waals surface area contributed by atoms with Crippen LogP contribution in [-0.4, -0.2) is 32.2 Å². The van der Waals surface area contributed by atoms with Gasteiger partial charge in [-0.1, -0.05) is 0 Å². The second-order valence-electron chi connectivity index (χ2n) is 4.08. The zero-order valence-corrected chi connectivity index (χ0v) is 9.47. The van der Waals surface area contributed by atoms with Crippen molar-refractivity contribution in [2.75, 3.05) is 5.32 Å². The van der Waals surface area contributed by atoms with Gasteiger partial charge >= 0.3 is 5.97 Å². The summed E-state index contributed by atoms with van der Waals surface area (Å²) >= 11 is 0. The fourth-order valence-electron chi connectivity index (χ4n) is 1.47. The first-order valence-corrected chi connectivity index (χ1v) is 5.20. The first kappa shape index (κ1) is 11.4. The molecule has 17 heavy (non-hydrogen) atoms. The number of anilines is 1. The zero-order valence-electron chi connectivity index (χ0n) is 9.47. The van der Waals surface area contributed by atoms with Crippen molar-refractivity contribution in [3.05, 3.63) is 11.4 Å². The molecule has 2 unspecified atom stereocenters. The number of aliphatic carboxylic acids is 1. The number of carboxylic acids is 1. The van der Waals surface area contributed by atoms with Gasteiger partial charge in [-0.2, -0.15) is 5.10 Å². The largest absolute Gasteiger partial charge is 0.481 e. The molecule has 1 saturated carbocycles. The van der Waals surface area contributed by atoms with Crippen LogP contribution in [0.5, 0.6) is 0 Å². The molecule has 1 aliphatic rings. The predicted octanol–water partition coefficient (Wildman–Crippen LogP) is 0.148. The summed E-state index contributed by atoms with van der Waals surface area (Å²) in [5.74, 6) is -2.23. The summed E-state index contributed by atoms with van der Waals surface area (Å²) in [6.45, 7) is 3.53. The summed E-state index contributed by atoms with van der Waals surface area (Å²) in [5, 5.41) is 18.7. The van der Waals surface area contributed by atoms with Gasteiger partial charge in [0.15, 0.2) is 0 Å². The number of carboxylic acid groups (broad SMARTS) is 1. The van der Waals surface area contributed by atoms with Gasteiger partial charge < -0.3 is 5.11 Å². The third-order valence-electron chi connectivity index (χ3n) is 2.77. The van der Waals surface area contributed by atoms with Crippen molar-refractivity contribution in [3.63, 3.8) is 0 Å². The number of nitrogens with zero attached hydrogens (tertiary/aromatic N) is 3. The molecule has 2 atom stereocenters. The van der Waals surface area contributed by atoms with E-state index in [1.54, 1.807) is 13.8 Å². The quantitative estimate of drug-likeness (QED) is 0.773. The molecular weight excluding hydrogens is 224 g/mol. The van der Waals surface area contributed by atoms with Gasteiger partial charge in [-0.05, 0) is 20.3 Å². The fourth-order valence-corrected chi connectivity index (χ4v) is 1.47. The maximum atomic E-state index is 11.6. The van der Waals surface area contributed by atoms with E-state index in [4.69, 9.17) is 5.11 Å². The Balaban J connectivity index is 2.00. The van der Waals surface area contributed by atoms with Gasteiger partial charge in [-0.15, -0.1) is 5.10 Å². The van der Waals surface area contributed by atoms with Crippen molar-refractivity contribution in [3.8, 4) is 0 Å². The lowest BCUT2D eigenvalue weighted by atomic mass is 10.3. The van der Waals surface area contributed by atoms with Crippen LogP contribution >= 0.6 is 0 Å². The predicted molar refractivity (Wildman–Crippen MR) is 57.2 cm³/mol. The van der Waals surface area contributed by atoms with Crippen LogP contribution in [0.2, 0.25) is 0 Å². The number of aromatic nitrogens is 3. The molecule has 0 radical (unpaired) electrons. The molecule has 7 heteroatoms. The normalized spacial score (nSPS) is 22.0. The van der Waals surface area contributed by atoms with Gasteiger partial charge in [0.2, 0.25) is 11.9 Å². The first-order chi connectivity index (χ1) is 7.99. The average molecular weight is 236 g/mol. The Morgan fingerprint density at radius 1 is 1.24 bits per heavy atom. The van der Waals surface area contributed by atoms with Crippen LogP contribution in [0.1, 0.15) is 17.8 Å². The average Bonchev–Trinajstić information content (AvgIpc) is 3.03. The second-order valence-corrected chi connectivity index (χ2v) is 4.08. The smallest absolute Gasteiger partial charge is 0.307 e. The second kappa shape index (κ2) is 4.08. The van der Waals surface area contributed by atoms with Gasteiger partial charge in [0.1, 0.15) is 0 Å². The molecular formula is C10H12N4O3. The summed E-state index contributed by atoms with van der Waals surface area (Å²) in [6, 6.07) is 0. The molecule has 0 aromatic carbocycles. The van der Waals surface area contributed by atoms with E-state index in [0.717, 1.165) is 0 Å². The summed E-state index contributed by atoms with van der Waals surface area (Å²) < 4.78 is 0. The van der Waals surface area contributed by atoms with Crippen LogP contribution in [0, 0.1) is 25.7 Å². The molecule has 0 bridgehead atoms.